The van der Waals surface area contributed by atoms with E-state index in [2.05, 4.69) is 26.2 Å². The van der Waals surface area contributed by atoms with E-state index in [9.17, 15) is 5.11 Å². The molecule has 0 spiro atoms. The van der Waals surface area contributed by atoms with Crippen molar-refractivity contribution in [2.45, 2.75) is 44.7 Å². The fraction of sp³-hybridized carbons (Fsp3) is 0.500. The van der Waals surface area contributed by atoms with Gasteiger partial charge in [0.2, 0.25) is 0 Å². The van der Waals surface area contributed by atoms with Crippen LogP contribution < -0.4 is 11.1 Å². The van der Waals surface area contributed by atoms with Gasteiger partial charge in [-0.25, -0.2) is 4.99 Å². The molecular formula is C14H20BrN3O. The van der Waals surface area contributed by atoms with Crippen molar-refractivity contribution in [1.82, 2.24) is 5.32 Å². The molecule has 0 amide bonds. The van der Waals surface area contributed by atoms with Crippen LogP contribution in [0.5, 0.6) is 5.75 Å². The number of halogens is 1. The normalized spacial score (nSPS) is 17.4. The lowest BCUT2D eigenvalue weighted by atomic mass is 9.96. The summed E-state index contributed by atoms with van der Waals surface area (Å²) in [4.78, 5) is 4.34. The van der Waals surface area contributed by atoms with E-state index in [0.717, 1.165) is 5.56 Å². The van der Waals surface area contributed by atoms with Crippen molar-refractivity contribution in [3.05, 3.63) is 28.2 Å². The first-order valence-electron chi connectivity index (χ1n) is 6.69. The van der Waals surface area contributed by atoms with E-state index < -0.39 is 0 Å². The van der Waals surface area contributed by atoms with E-state index in [4.69, 9.17) is 5.73 Å². The van der Waals surface area contributed by atoms with E-state index in [1.165, 1.54) is 32.1 Å². The average Bonchev–Trinajstić information content (AvgIpc) is 2.41. The molecule has 1 aromatic carbocycles. The number of hydrogen-bond donors (Lipinski definition) is 3. The largest absolute Gasteiger partial charge is 0.507 e. The second-order valence-electron chi connectivity index (χ2n) is 4.97. The minimum absolute atomic E-state index is 0.237. The Bertz CT molecular complexity index is 456. The maximum atomic E-state index is 9.42. The van der Waals surface area contributed by atoms with Gasteiger partial charge in [-0.05, 0) is 46.5 Å². The van der Waals surface area contributed by atoms with Gasteiger partial charge in [0.05, 0.1) is 11.0 Å². The fourth-order valence-corrected chi connectivity index (χ4v) is 2.75. The standard InChI is InChI=1S/C14H20BrN3O/c15-12-8-10(6-7-13(12)19)9-17-14(16)18-11-4-2-1-3-5-11/h6-8,11,19H,1-5,9H2,(H3,16,17,18). The second kappa shape index (κ2) is 6.80. The molecule has 1 aliphatic rings. The Morgan fingerprint density at radius 2 is 2.11 bits per heavy atom. The Labute approximate surface area is 122 Å². The topological polar surface area (TPSA) is 70.6 Å². The van der Waals surface area contributed by atoms with Crippen molar-refractivity contribution >= 4 is 21.9 Å². The van der Waals surface area contributed by atoms with E-state index in [0.29, 0.717) is 23.0 Å². The van der Waals surface area contributed by atoms with Gasteiger partial charge in [0.1, 0.15) is 5.75 Å². The number of guanidine groups is 1. The lowest BCUT2D eigenvalue weighted by Gasteiger charge is -2.23. The van der Waals surface area contributed by atoms with Crippen LogP contribution in [0.15, 0.2) is 27.7 Å². The summed E-state index contributed by atoms with van der Waals surface area (Å²) in [5.74, 6) is 0.747. The van der Waals surface area contributed by atoms with Crippen LogP contribution in [0.2, 0.25) is 0 Å². The van der Waals surface area contributed by atoms with Crippen LogP contribution in [0.1, 0.15) is 37.7 Å². The van der Waals surface area contributed by atoms with Gasteiger partial charge in [-0.2, -0.15) is 0 Å². The number of aromatic hydroxyl groups is 1. The van der Waals surface area contributed by atoms with Crippen LogP contribution in [-0.2, 0) is 6.54 Å². The van der Waals surface area contributed by atoms with Crippen LogP contribution >= 0.6 is 15.9 Å². The Balaban J connectivity index is 1.87. The van der Waals surface area contributed by atoms with Gasteiger partial charge in [0.15, 0.2) is 5.96 Å². The molecule has 0 atom stereocenters. The smallest absolute Gasteiger partial charge is 0.189 e. The van der Waals surface area contributed by atoms with Gasteiger partial charge < -0.3 is 16.2 Å². The lowest BCUT2D eigenvalue weighted by Crippen LogP contribution is -2.41. The maximum absolute atomic E-state index is 9.42. The molecule has 0 unspecified atom stereocenters. The Morgan fingerprint density at radius 1 is 1.37 bits per heavy atom. The van der Waals surface area contributed by atoms with Gasteiger partial charge in [-0.3, -0.25) is 0 Å². The van der Waals surface area contributed by atoms with Crippen molar-refractivity contribution in [3.63, 3.8) is 0 Å². The first kappa shape index (κ1) is 14.2. The Hall–Kier alpha value is -1.23. The van der Waals surface area contributed by atoms with Crippen molar-refractivity contribution in [1.29, 1.82) is 0 Å². The molecule has 1 aliphatic carbocycles. The molecule has 0 saturated heterocycles. The highest BCUT2D eigenvalue weighted by Gasteiger charge is 2.13. The van der Waals surface area contributed by atoms with Crippen LogP contribution in [0.25, 0.3) is 0 Å². The Morgan fingerprint density at radius 3 is 2.79 bits per heavy atom. The molecule has 4 nitrogen and oxygen atoms in total. The highest BCUT2D eigenvalue weighted by molar-refractivity contribution is 9.10. The third-order valence-corrected chi connectivity index (χ3v) is 4.04. The number of hydrogen-bond acceptors (Lipinski definition) is 2. The molecule has 1 fully saturated rings. The fourth-order valence-electron chi connectivity index (χ4n) is 2.33. The lowest BCUT2D eigenvalue weighted by molar-refractivity contribution is 0.412. The predicted octanol–water partition coefficient (Wildman–Crippen LogP) is 2.89. The molecule has 0 aliphatic heterocycles. The number of phenolic OH excluding ortho intramolecular Hbond substituents is 1. The van der Waals surface area contributed by atoms with Gasteiger partial charge >= 0.3 is 0 Å². The number of rotatable bonds is 3. The molecule has 4 N–H and O–H groups in total. The Kier molecular flexibility index (Phi) is 5.07. The molecule has 1 saturated carbocycles. The SMILES string of the molecule is NC(=NCc1ccc(O)c(Br)c1)NC1CCCCC1. The molecule has 0 heterocycles. The highest BCUT2D eigenvalue weighted by atomic mass is 79.9. The van der Waals surface area contributed by atoms with Crippen LogP contribution in [0.4, 0.5) is 0 Å². The van der Waals surface area contributed by atoms with Crippen molar-refractivity contribution in [2.24, 2.45) is 10.7 Å². The van der Waals surface area contributed by atoms with E-state index in [-0.39, 0.29) is 5.75 Å². The summed E-state index contributed by atoms with van der Waals surface area (Å²) in [5, 5.41) is 12.7. The van der Waals surface area contributed by atoms with Crippen LogP contribution in [0, 0.1) is 0 Å². The van der Waals surface area contributed by atoms with Crippen molar-refractivity contribution in [2.75, 3.05) is 0 Å². The molecule has 104 valence electrons. The summed E-state index contributed by atoms with van der Waals surface area (Å²) in [6.07, 6.45) is 6.24. The van der Waals surface area contributed by atoms with E-state index in [1.54, 1.807) is 6.07 Å². The summed E-state index contributed by atoms with van der Waals surface area (Å²) >= 11 is 3.29. The first-order chi connectivity index (χ1) is 9.15. The minimum atomic E-state index is 0.237. The minimum Gasteiger partial charge on any atom is -0.507 e. The third kappa shape index (κ3) is 4.42. The number of nitrogens with zero attached hydrogens (tertiary/aromatic N) is 1. The molecule has 5 heteroatoms. The summed E-state index contributed by atoms with van der Waals surface area (Å²) < 4.78 is 0.680. The number of aliphatic imine (C=N–C) groups is 1. The maximum Gasteiger partial charge on any atom is 0.189 e. The number of nitrogens with two attached hydrogens (primary N) is 1. The quantitative estimate of drug-likeness (QED) is 0.591. The molecule has 19 heavy (non-hydrogen) atoms. The zero-order chi connectivity index (χ0) is 13.7. The number of benzene rings is 1. The summed E-state index contributed by atoms with van der Waals surface area (Å²) in [6, 6.07) is 5.83. The molecule has 0 radical (unpaired) electrons. The predicted molar refractivity (Wildman–Crippen MR) is 81.1 cm³/mol. The zero-order valence-corrected chi connectivity index (χ0v) is 12.5. The first-order valence-corrected chi connectivity index (χ1v) is 7.48. The number of nitrogens with one attached hydrogen (secondary N) is 1. The summed E-state index contributed by atoms with van der Waals surface area (Å²) in [6.45, 7) is 0.518. The molecule has 0 bridgehead atoms. The summed E-state index contributed by atoms with van der Waals surface area (Å²) in [5.41, 5.74) is 6.91. The third-order valence-electron chi connectivity index (χ3n) is 3.40. The van der Waals surface area contributed by atoms with E-state index >= 15 is 0 Å². The molecular weight excluding hydrogens is 306 g/mol. The van der Waals surface area contributed by atoms with Gasteiger partial charge in [-0.1, -0.05) is 25.3 Å². The average molecular weight is 326 g/mol. The van der Waals surface area contributed by atoms with E-state index in [1.807, 2.05) is 12.1 Å². The number of phenols is 1. The van der Waals surface area contributed by atoms with Gasteiger partial charge in [-0.15, -0.1) is 0 Å². The van der Waals surface area contributed by atoms with Crippen LogP contribution in [0.3, 0.4) is 0 Å². The zero-order valence-electron chi connectivity index (χ0n) is 10.9. The van der Waals surface area contributed by atoms with Crippen molar-refractivity contribution < 1.29 is 5.11 Å². The van der Waals surface area contributed by atoms with Gasteiger partial charge in [0.25, 0.3) is 0 Å². The van der Waals surface area contributed by atoms with Crippen molar-refractivity contribution in [3.8, 4) is 5.75 Å². The van der Waals surface area contributed by atoms with Crippen LogP contribution in [-0.4, -0.2) is 17.1 Å². The monoisotopic (exact) mass is 325 g/mol. The summed E-state index contributed by atoms with van der Waals surface area (Å²) in [7, 11) is 0. The van der Waals surface area contributed by atoms with Gasteiger partial charge in [0, 0.05) is 6.04 Å². The molecule has 1 aromatic rings. The molecule has 0 aromatic heterocycles. The second-order valence-corrected chi connectivity index (χ2v) is 5.82. The highest BCUT2D eigenvalue weighted by Crippen LogP contribution is 2.24. The molecule has 2 rings (SSSR count).